The van der Waals surface area contributed by atoms with Gasteiger partial charge in [0.15, 0.2) is 18.9 Å². The summed E-state index contributed by atoms with van der Waals surface area (Å²) >= 11 is 0. The molecule has 12 N–H and O–H groups in total. The zero-order valence-corrected chi connectivity index (χ0v) is 67.8. The molecular weight excluding hydrogens is 1370 g/mol. The third-order valence-electron chi connectivity index (χ3n) is 21.7. The largest absolute Gasteiger partial charge is 0.394 e. The van der Waals surface area contributed by atoms with Crippen LogP contribution in [0.15, 0.2) is 72.9 Å². The Labute approximate surface area is 655 Å². The third-order valence-corrected chi connectivity index (χ3v) is 21.7. The lowest BCUT2D eigenvalue weighted by Gasteiger charge is -2.48. The van der Waals surface area contributed by atoms with Gasteiger partial charge >= 0.3 is 0 Å². The summed E-state index contributed by atoms with van der Waals surface area (Å²) in [6, 6.07) is -0.993. The lowest BCUT2D eigenvalue weighted by Crippen LogP contribution is -2.66. The molecule has 19 heteroatoms. The molecule has 3 aliphatic rings. The lowest BCUT2D eigenvalue weighted by atomic mass is 9.96. The molecule has 3 saturated heterocycles. The number of amides is 1. The molecule has 0 bridgehead atoms. The molecule has 3 heterocycles. The molecule has 0 radical (unpaired) electrons. The molecule has 17 atom stereocenters. The zero-order valence-electron chi connectivity index (χ0n) is 67.8. The number of unbranched alkanes of at least 4 members (excludes halogenated alkanes) is 45. The van der Waals surface area contributed by atoms with E-state index in [-0.39, 0.29) is 18.9 Å². The topological polar surface area (TPSA) is 307 Å². The van der Waals surface area contributed by atoms with E-state index >= 15 is 0 Å². The van der Waals surface area contributed by atoms with Crippen molar-refractivity contribution in [3.8, 4) is 0 Å². The van der Waals surface area contributed by atoms with Crippen molar-refractivity contribution >= 4 is 5.91 Å². The number of hydrogen-bond donors (Lipinski definition) is 12. The highest BCUT2D eigenvalue weighted by Crippen LogP contribution is 2.33. The Bertz CT molecular complexity index is 2230. The van der Waals surface area contributed by atoms with E-state index in [1.807, 2.05) is 6.08 Å². The summed E-state index contributed by atoms with van der Waals surface area (Å²) in [6.45, 7) is 1.66. The van der Waals surface area contributed by atoms with Crippen LogP contribution in [0.5, 0.6) is 0 Å². The summed E-state index contributed by atoms with van der Waals surface area (Å²) < 4.78 is 34.5. The smallest absolute Gasteiger partial charge is 0.220 e. The van der Waals surface area contributed by atoms with Crippen molar-refractivity contribution in [2.75, 3.05) is 26.4 Å². The van der Waals surface area contributed by atoms with Gasteiger partial charge < -0.3 is 89.9 Å². The molecular formula is C89H161NO18. The lowest BCUT2D eigenvalue weighted by molar-refractivity contribution is -0.379. The normalized spacial score (nSPS) is 25.7. The summed E-state index contributed by atoms with van der Waals surface area (Å²) in [5.74, 6) is -0.279. The first kappa shape index (κ1) is 99.4. The quantitative estimate of drug-likeness (QED) is 0.0199. The van der Waals surface area contributed by atoms with E-state index in [0.717, 1.165) is 64.2 Å². The maximum Gasteiger partial charge on any atom is 0.220 e. The van der Waals surface area contributed by atoms with Gasteiger partial charge in [-0.05, 0) is 70.6 Å². The van der Waals surface area contributed by atoms with Gasteiger partial charge in [-0.15, -0.1) is 0 Å². The number of aliphatic hydroxyl groups is 11. The van der Waals surface area contributed by atoms with Crippen LogP contribution in [0.4, 0.5) is 0 Å². The van der Waals surface area contributed by atoms with Crippen molar-refractivity contribution in [1.29, 1.82) is 0 Å². The summed E-state index contributed by atoms with van der Waals surface area (Å²) in [5.41, 5.74) is 0. The number of carbonyl (C=O) groups is 1. The fourth-order valence-corrected chi connectivity index (χ4v) is 14.7. The van der Waals surface area contributed by atoms with Crippen LogP contribution in [0.2, 0.25) is 0 Å². The van der Waals surface area contributed by atoms with E-state index in [1.54, 1.807) is 6.08 Å². The fourth-order valence-electron chi connectivity index (χ4n) is 14.7. The first-order valence-corrected chi connectivity index (χ1v) is 44.2. The summed E-state index contributed by atoms with van der Waals surface area (Å²) in [4.78, 5) is 13.5. The third kappa shape index (κ3) is 47.2. The van der Waals surface area contributed by atoms with E-state index in [0.29, 0.717) is 12.8 Å². The van der Waals surface area contributed by atoms with Gasteiger partial charge in [0.25, 0.3) is 0 Å². The molecule has 630 valence electrons. The van der Waals surface area contributed by atoms with Gasteiger partial charge in [-0.1, -0.05) is 350 Å². The number of ether oxygens (including phenoxy) is 6. The molecule has 3 aliphatic heterocycles. The van der Waals surface area contributed by atoms with Crippen molar-refractivity contribution in [3.63, 3.8) is 0 Å². The number of allylic oxidation sites excluding steroid dienone is 11. The van der Waals surface area contributed by atoms with Crippen molar-refractivity contribution in [2.45, 2.75) is 458 Å². The van der Waals surface area contributed by atoms with Gasteiger partial charge in [0, 0.05) is 6.42 Å². The summed E-state index contributed by atoms with van der Waals surface area (Å²) in [5, 5.41) is 121. The number of rotatable bonds is 71. The van der Waals surface area contributed by atoms with E-state index in [2.05, 4.69) is 79.9 Å². The molecule has 0 spiro atoms. The second-order valence-electron chi connectivity index (χ2n) is 31.3. The molecule has 19 nitrogen and oxygen atoms in total. The Morgan fingerprint density at radius 1 is 0.343 bits per heavy atom. The van der Waals surface area contributed by atoms with Gasteiger partial charge in [-0.3, -0.25) is 4.79 Å². The fraction of sp³-hybridized carbons (Fsp3) is 0.854. The molecule has 0 aromatic carbocycles. The van der Waals surface area contributed by atoms with Gasteiger partial charge in [-0.2, -0.15) is 0 Å². The van der Waals surface area contributed by atoms with Crippen LogP contribution in [0.1, 0.15) is 354 Å². The standard InChI is InChI=1S/C89H161NO18/c1-3-5-7-9-11-13-15-17-19-21-23-25-27-29-31-32-33-34-35-36-37-38-39-40-41-43-45-47-49-51-53-55-57-59-61-63-65-67-77(95)90-72(73(94)66-64-62-60-58-56-54-52-50-48-46-44-42-30-28-26-24-22-20-18-16-14-12-10-8-6-4-2)71-103-87-83(101)80(98)85(75(69-92)105-87)108-89-84(102)81(99)86(76(70-93)106-89)107-88-82(100)79(97)78(96)74(68-91)104-88/h5,7,11,13,17,19,23,25,56,58,64,66,72-76,78-89,91-94,96-102H,3-4,6,8-10,12,14-16,18,20-22,24,26-55,57,59-63,65,67-71H2,1-2H3,(H,90,95)/b7-5-,13-11-,19-17-,25-23-,58-56+,66-64+. The van der Waals surface area contributed by atoms with Crippen LogP contribution >= 0.6 is 0 Å². The first-order valence-electron chi connectivity index (χ1n) is 44.2. The Hall–Kier alpha value is -2.77. The Balaban J connectivity index is 1.33. The monoisotopic (exact) mass is 1530 g/mol. The minimum Gasteiger partial charge on any atom is -0.394 e. The minimum atomic E-state index is -1.98. The van der Waals surface area contributed by atoms with Gasteiger partial charge in [0.1, 0.15) is 73.2 Å². The highest BCUT2D eigenvalue weighted by atomic mass is 16.8. The van der Waals surface area contributed by atoms with Crippen molar-refractivity contribution in [1.82, 2.24) is 5.32 Å². The minimum absolute atomic E-state index is 0.237. The summed E-state index contributed by atoms with van der Waals surface area (Å²) in [6.07, 6.45) is 64.9. The molecule has 17 unspecified atom stereocenters. The van der Waals surface area contributed by atoms with E-state index < -0.39 is 124 Å². The van der Waals surface area contributed by atoms with Crippen LogP contribution in [0, 0.1) is 0 Å². The second kappa shape index (κ2) is 68.6. The Kier molecular flexibility index (Phi) is 63.2. The van der Waals surface area contributed by atoms with Crippen molar-refractivity contribution < 1.29 is 89.4 Å². The van der Waals surface area contributed by atoms with Gasteiger partial charge in [-0.25, -0.2) is 0 Å². The highest BCUT2D eigenvalue weighted by Gasteiger charge is 2.54. The predicted molar refractivity (Wildman–Crippen MR) is 434 cm³/mol. The molecule has 0 aromatic heterocycles. The maximum absolute atomic E-state index is 13.5. The van der Waals surface area contributed by atoms with E-state index in [4.69, 9.17) is 28.4 Å². The van der Waals surface area contributed by atoms with Crippen LogP contribution in [-0.4, -0.2) is 193 Å². The van der Waals surface area contributed by atoms with Crippen molar-refractivity contribution in [2.24, 2.45) is 0 Å². The highest BCUT2D eigenvalue weighted by molar-refractivity contribution is 5.76. The van der Waals surface area contributed by atoms with E-state index in [9.17, 15) is 61.0 Å². The van der Waals surface area contributed by atoms with Crippen LogP contribution < -0.4 is 5.32 Å². The van der Waals surface area contributed by atoms with Gasteiger partial charge in [0.2, 0.25) is 5.91 Å². The maximum atomic E-state index is 13.5. The van der Waals surface area contributed by atoms with E-state index in [1.165, 1.54) is 257 Å². The second-order valence-corrected chi connectivity index (χ2v) is 31.3. The average molecular weight is 1530 g/mol. The Morgan fingerprint density at radius 3 is 1.04 bits per heavy atom. The molecule has 1 amide bonds. The van der Waals surface area contributed by atoms with Crippen LogP contribution in [-0.2, 0) is 33.2 Å². The van der Waals surface area contributed by atoms with Crippen molar-refractivity contribution in [3.05, 3.63) is 72.9 Å². The Morgan fingerprint density at radius 2 is 0.648 bits per heavy atom. The van der Waals surface area contributed by atoms with Crippen LogP contribution in [0.25, 0.3) is 0 Å². The molecule has 108 heavy (non-hydrogen) atoms. The molecule has 3 fully saturated rings. The number of carbonyl (C=O) groups excluding carboxylic acids is 1. The predicted octanol–water partition coefficient (Wildman–Crippen LogP) is 16.3. The zero-order chi connectivity index (χ0) is 78.1. The summed E-state index contributed by atoms with van der Waals surface area (Å²) in [7, 11) is 0. The molecule has 0 aliphatic carbocycles. The van der Waals surface area contributed by atoms with Gasteiger partial charge in [0.05, 0.1) is 38.6 Å². The van der Waals surface area contributed by atoms with Crippen LogP contribution in [0.3, 0.4) is 0 Å². The SMILES string of the molecule is CC/C=C\C/C=C\C/C=C\C/C=C\CCCCCCCCCCCCCCCCCCCCCCCCCCC(=O)NC(COC1OC(CO)C(OC2OC(CO)C(OC3OC(CO)C(O)C(O)C3O)C(O)C2O)C(O)C1O)C(O)/C=C/CC/C=C/CCCCCCCCCCCCCCCCCCCCCC. The first-order chi connectivity index (χ1) is 52.8. The number of hydrogen-bond acceptors (Lipinski definition) is 18. The molecule has 0 aromatic rings. The number of nitrogens with one attached hydrogen (secondary N) is 1. The average Bonchev–Trinajstić information content (AvgIpc) is 0.779. The molecule has 3 rings (SSSR count). The number of aliphatic hydroxyl groups excluding tert-OH is 11. The molecule has 0 saturated carbocycles.